The first-order valence-corrected chi connectivity index (χ1v) is 9.72. The molecule has 0 spiro atoms. The van der Waals surface area contributed by atoms with Gasteiger partial charge in [-0.3, -0.25) is 0 Å². The molecule has 0 heterocycles. The van der Waals surface area contributed by atoms with E-state index in [1.54, 1.807) is 7.11 Å². The molecule has 0 bridgehead atoms. The topological polar surface area (TPSA) is 55.8 Å². The number of hydrogen-bond donors (Lipinski definition) is 1. The third kappa shape index (κ3) is 2.34. The lowest BCUT2D eigenvalue weighted by Gasteiger charge is -2.48. The summed E-state index contributed by atoms with van der Waals surface area (Å²) >= 11 is 0. The highest BCUT2D eigenvalue weighted by atomic mass is 16.5. The van der Waals surface area contributed by atoms with Crippen LogP contribution in [0.2, 0.25) is 0 Å². The lowest BCUT2D eigenvalue weighted by Crippen LogP contribution is -2.44. The lowest BCUT2D eigenvalue weighted by molar-refractivity contribution is -0.137. The van der Waals surface area contributed by atoms with Gasteiger partial charge in [0, 0.05) is 11.0 Å². The highest BCUT2D eigenvalue weighted by Crippen LogP contribution is 2.62. The summed E-state index contributed by atoms with van der Waals surface area (Å²) in [6.07, 6.45) is 5.10. The number of carbonyl (C=O) groups is 1. The van der Waals surface area contributed by atoms with Crippen molar-refractivity contribution in [1.29, 1.82) is 0 Å². The van der Waals surface area contributed by atoms with Gasteiger partial charge in [-0.25, -0.2) is 4.79 Å². The van der Waals surface area contributed by atoms with Crippen molar-refractivity contribution in [2.45, 2.75) is 51.6 Å². The van der Waals surface area contributed by atoms with E-state index in [0.29, 0.717) is 18.3 Å². The molecule has 3 aliphatic carbocycles. The second-order valence-corrected chi connectivity index (χ2v) is 8.02. The van der Waals surface area contributed by atoms with E-state index in [9.17, 15) is 9.90 Å². The first-order chi connectivity index (χ1) is 12.6. The van der Waals surface area contributed by atoms with Crippen LogP contribution in [0.25, 0.3) is 5.57 Å². The van der Waals surface area contributed by atoms with Gasteiger partial charge >= 0.3 is 5.97 Å². The Bertz CT molecular complexity index is 765. The van der Waals surface area contributed by atoms with Crippen LogP contribution in [0, 0.1) is 17.3 Å². The van der Waals surface area contributed by atoms with E-state index in [0.717, 1.165) is 43.4 Å². The van der Waals surface area contributed by atoms with Crippen LogP contribution < -0.4 is 4.74 Å². The number of carbonyl (C=O) groups excluding carboxylic acids is 1. The molecule has 0 saturated heterocycles. The molecule has 0 aliphatic heterocycles. The number of hydrogen-bond acceptors (Lipinski definition) is 4. The van der Waals surface area contributed by atoms with Gasteiger partial charge in [-0.05, 0) is 79.2 Å². The molecule has 1 saturated carbocycles. The SMILES string of the molecule is CC[C@]12CC(C(=O)OC)=C3c4ccc(OC)cc4CC[C@H]3[C@@H]1CC[C@@H]2O. The predicted molar refractivity (Wildman–Crippen MR) is 99.8 cm³/mol. The van der Waals surface area contributed by atoms with Crippen LogP contribution in [-0.2, 0) is 16.0 Å². The van der Waals surface area contributed by atoms with Crippen molar-refractivity contribution in [2.75, 3.05) is 14.2 Å². The predicted octanol–water partition coefficient (Wildman–Crippen LogP) is 3.76. The van der Waals surface area contributed by atoms with Gasteiger partial charge in [0.05, 0.1) is 20.3 Å². The van der Waals surface area contributed by atoms with Gasteiger partial charge in [-0.1, -0.05) is 13.0 Å². The zero-order valence-corrected chi connectivity index (χ0v) is 15.9. The number of ether oxygens (including phenoxy) is 2. The van der Waals surface area contributed by atoms with Gasteiger partial charge in [0.2, 0.25) is 0 Å². The number of methoxy groups -OCH3 is 2. The van der Waals surface area contributed by atoms with Gasteiger partial charge in [-0.2, -0.15) is 0 Å². The lowest BCUT2D eigenvalue weighted by atomic mass is 9.56. The number of rotatable bonds is 3. The summed E-state index contributed by atoms with van der Waals surface area (Å²) in [7, 11) is 3.14. The Balaban J connectivity index is 1.91. The first-order valence-electron chi connectivity index (χ1n) is 9.72. The monoisotopic (exact) mass is 356 g/mol. The van der Waals surface area contributed by atoms with E-state index in [1.807, 2.05) is 6.07 Å². The van der Waals surface area contributed by atoms with Crippen LogP contribution in [0.5, 0.6) is 5.75 Å². The average Bonchev–Trinajstić information content (AvgIpc) is 3.02. The van der Waals surface area contributed by atoms with Crippen molar-refractivity contribution >= 4 is 11.5 Å². The maximum absolute atomic E-state index is 12.7. The van der Waals surface area contributed by atoms with Gasteiger partial charge in [0.15, 0.2) is 0 Å². The van der Waals surface area contributed by atoms with Crippen molar-refractivity contribution < 1.29 is 19.4 Å². The number of fused-ring (bicyclic) bond motifs is 5. The summed E-state index contributed by atoms with van der Waals surface area (Å²) in [5, 5.41) is 10.8. The number of benzene rings is 1. The highest BCUT2D eigenvalue weighted by Gasteiger charge is 2.56. The van der Waals surface area contributed by atoms with Crippen LogP contribution in [-0.4, -0.2) is 31.4 Å². The molecule has 0 radical (unpaired) electrons. The largest absolute Gasteiger partial charge is 0.497 e. The fourth-order valence-corrected chi connectivity index (χ4v) is 5.97. The van der Waals surface area contributed by atoms with E-state index in [-0.39, 0.29) is 17.5 Å². The van der Waals surface area contributed by atoms with Crippen molar-refractivity contribution in [1.82, 2.24) is 0 Å². The number of aliphatic hydroxyl groups excluding tert-OH is 1. The third-order valence-corrected chi connectivity index (χ3v) is 7.26. The minimum atomic E-state index is -0.323. The number of allylic oxidation sites excluding steroid dienone is 1. The Morgan fingerprint density at radius 1 is 1.27 bits per heavy atom. The average molecular weight is 356 g/mol. The van der Waals surface area contributed by atoms with Gasteiger partial charge in [0.25, 0.3) is 0 Å². The molecule has 1 aromatic rings. The van der Waals surface area contributed by atoms with E-state index < -0.39 is 0 Å². The molecule has 1 fully saturated rings. The molecule has 0 unspecified atom stereocenters. The maximum atomic E-state index is 12.7. The molecule has 0 amide bonds. The van der Waals surface area contributed by atoms with Gasteiger partial charge in [0.1, 0.15) is 5.75 Å². The summed E-state index contributed by atoms with van der Waals surface area (Å²) in [5.41, 5.74) is 4.20. The fraction of sp³-hybridized carbons (Fsp3) is 0.591. The van der Waals surface area contributed by atoms with Crippen LogP contribution in [0.15, 0.2) is 23.8 Å². The standard InChI is InChI=1S/C22H28O4/c1-4-22-12-17(21(24)26-3)20-15-8-6-14(25-2)11-13(15)5-7-16(20)18(22)9-10-19(22)23/h6,8,11,16,18-19,23H,4-5,7,9-10,12H2,1-3H3/t16-,18-,19-,22-/m0/s1. The summed E-state index contributed by atoms with van der Waals surface area (Å²) in [5.74, 6) is 1.40. The molecule has 4 heteroatoms. The minimum Gasteiger partial charge on any atom is -0.497 e. The summed E-state index contributed by atoms with van der Waals surface area (Å²) in [4.78, 5) is 12.7. The normalized spacial score (nSPS) is 32.5. The summed E-state index contributed by atoms with van der Waals surface area (Å²) in [6, 6.07) is 6.18. The zero-order chi connectivity index (χ0) is 18.5. The zero-order valence-electron chi connectivity index (χ0n) is 15.9. The molecule has 4 nitrogen and oxygen atoms in total. The van der Waals surface area contributed by atoms with Gasteiger partial charge < -0.3 is 14.6 Å². The molecule has 0 aromatic heterocycles. The molecule has 1 aromatic carbocycles. The number of aryl methyl sites for hydroxylation is 1. The maximum Gasteiger partial charge on any atom is 0.334 e. The van der Waals surface area contributed by atoms with E-state index in [1.165, 1.54) is 23.8 Å². The summed E-state index contributed by atoms with van der Waals surface area (Å²) in [6.45, 7) is 2.16. The Morgan fingerprint density at radius 2 is 2.08 bits per heavy atom. The Kier molecular flexibility index (Phi) is 4.34. The van der Waals surface area contributed by atoms with Crippen molar-refractivity contribution in [3.8, 4) is 5.75 Å². The molecule has 1 N–H and O–H groups in total. The molecule has 4 atom stereocenters. The second-order valence-electron chi connectivity index (χ2n) is 8.02. The Morgan fingerprint density at radius 3 is 2.77 bits per heavy atom. The van der Waals surface area contributed by atoms with Crippen LogP contribution in [0.1, 0.15) is 50.2 Å². The number of esters is 1. The quantitative estimate of drug-likeness (QED) is 0.838. The van der Waals surface area contributed by atoms with Crippen LogP contribution >= 0.6 is 0 Å². The summed E-state index contributed by atoms with van der Waals surface area (Å²) < 4.78 is 10.6. The molecule has 4 rings (SSSR count). The Labute approximate surface area is 155 Å². The minimum absolute atomic E-state index is 0.179. The third-order valence-electron chi connectivity index (χ3n) is 7.26. The van der Waals surface area contributed by atoms with Crippen LogP contribution in [0.3, 0.4) is 0 Å². The molecular weight excluding hydrogens is 328 g/mol. The van der Waals surface area contributed by atoms with Crippen molar-refractivity contribution in [2.24, 2.45) is 17.3 Å². The highest BCUT2D eigenvalue weighted by molar-refractivity contribution is 5.99. The van der Waals surface area contributed by atoms with E-state index >= 15 is 0 Å². The van der Waals surface area contributed by atoms with Gasteiger partial charge in [-0.15, -0.1) is 0 Å². The van der Waals surface area contributed by atoms with Crippen molar-refractivity contribution in [3.63, 3.8) is 0 Å². The van der Waals surface area contributed by atoms with E-state index in [2.05, 4.69) is 19.1 Å². The van der Waals surface area contributed by atoms with E-state index in [4.69, 9.17) is 9.47 Å². The second kappa shape index (κ2) is 6.41. The molecule has 3 aliphatic rings. The molecule has 26 heavy (non-hydrogen) atoms. The van der Waals surface area contributed by atoms with Crippen molar-refractivity contribution in [3.05, 3.63) is 34.9 Å². The fourth-order valence-electron chi connectivity index (χ4n) is 5.97. The molecular formula is C22H28O4. The Hall–Kier alpha value is -1.81. The first kappa shape index (κ1) is 17.6. The van der Waals surface area contributed by atoms with Crippen LogP contribution in [0.4, 0.5) is 0 Å². The number of aliphatic hydroxyl groups is 1. The smallest absolute Gasteiger partial charge is 0.334 e. The molecule has 140 valence electrons.